The summed E-state index contributed by atoms with van der Waals surface area (Å²) in [5.41, 5.74) is 9.62. The molecule has 2 N–H and O–H groups in total. The van der Waals surface area contributed by atoms with Crippen LogP contribution in [0.2, 0.25) is 5.02 Å². The third-order valence-corrected chi connectivity index (χ3v) is 8.16. The number of hydrogen-bond donors (Lipinski definition) is 1. The van der Waals surface area contributed by atoms with Gasteiger partial charge in [0.05, 0.1) is 9.92 Å². The third-order valence-electron chi connectivity index (χ3n) is 6.58. The van der Waals surface area contributed by atoms with Crippen LogP contribution in [0.25, 0.3) is 5.65 Å². The van der Waals surface area contributed by atoms with Gasteiger partial charge in [0.25, 0.3) is 0 Å². The summed E-state index contributed by atoms with van der Waals surface area (Å²) in [6, 6.07) is 6.11. The molecule has 10 heteroatoms. The maximum Gasteiger partial charge on any atom is 0.212 e. The summed E-state index contributed by atoms with van der Waals surface area (Å²) >= 11 is 7.79. The molecule has 0 aromatic carbocycles. The number of rotatable bonds is 3. The van der Waals surface area contributed by atoms with E-state index in [0.717, 1.165) is 60.2 Å². The lowest BCUT2D eigenvalue weighted by molar-refractivity contribution is 0.230. The fourth-order valence-electron chi connectivity index (χ4n) is 4.88. The Labute approximate surface area is 194 Å². The molecule has 1 saturated heterocycles. The molecule has 6 rings (SSSR count). The summed E-state index contributed by atoms with van der Waals surface area (Å²) in [5, 5.41) is 8.94. The highest BCUT2D eigenvalue weighted by Crippen LogP contribution is 2.44. The average molecular weight is 465 g/mol. The summed E-state index contributed by atoms with van der Waals surface area (Å²) in [6.07, 6.45) is 11.6. The topological polar surface area (TPSA) is 98.1 Å². The van der Waals surface area contributed by atoms with Crippen molar-refractivity contribution in [2.24, 2.45) is 5.41 Å². The van der Waals surface area contributed by atoms with Gasteiger partial charge in [-0.1, -0.05) is 29.4 Å². The Morgan fingerprint density at radius 2 is 1.91 bits per heavy atom. The zero-order chi connectivity index (χ0) is 21.7. The number of fused-ring (bicyclic) bond motifs is 2. The van der Waals surface area contributed by atoms with Crippen LogP contribution in [0.4, 0.5) is 11.8 Å². The summed E-state index contributed by atoms with van der Waals surface area (Å²) in [7, 11) is 0. The Hall–Kier alpha value is -2.91. The van der Waals surface area contributed by atoms with Crippen molar-refractivity contribution in [1.82, 2.24) is 29.5 Å². The van der Waals surface area contributed by atoms with Gasteiger partial charge < -0.3 is 10.6 Å². The maximum absolute atomic E-state index is 6.33. The van der Waals surface area contributed by atoms with Crippen LogP contribution < -0.4 is 10.6 Å². The van der Waals surface area contributed by atoms with Gasteiger partial charge in [0, 0.05) is 42.3 Å². The summed E-state index contributed by atoms with van der Waals surface area (Å²) in [4.78, 5) is 17.4. The van der Waals surface area contributed by atoms with Gasteiger partial charge in [-0.15, -0.1) is 10.2 Å². The van der Waals surface area contributed by atoms with Gasteiger partial charge in [-0.2, -0.15) is 0 Å². The number of piperidine rings is 1. The van der Waals surface area contributed by atoms with Crippen LogP contribution in [0.5, 0.6) is 0 Å². The molecular weight excluding hydrogens is 444 g/mol. The molecule has 8 nitrogen and oxygen atoms in total. The van der Waals surface area contributed by atoms with E-state index in [1.165, 1.54) is 23.0 Å². The molecule has 32 heavy (non-hydrogen) atoms. The lowest BCUT2D eigenvalue weighted by Gasteiger charge is -2.39. The number of nitrogen functional groups attached to an aromatic ring is 1. The second-order valence-corrected chi connectivity index (χ2v) is 9.97. The molecule has 4 aromatic heterocycles. The zero-order valence-corrected chi connectivity index (χ0v) is 18.9. The van der Waals surface area contributed by atoms with Crippen LogP contribution in [0.1, 0.15) is 24.1 Å². The molecule has 1 aliphatic carbocycles. The normalized spacial score (nSPS) is 17.2. The van der Waals surface area contributed by atoms with Crippen LogP contribution >= 0.6 is 23.4 Å². The molecule has 1 fully saturated rings. The molecular formula is C22H21ClN8S. The molecule has 2 aliphatic rings. The molecule has 1 spiro atoms. The molecule has 5 heterocycles. The van der Waals surface area contributed by atoms with Crippen molar-refractivity contribution >= 4 is 40.8 Å². The number of aromatic nitrogens is 6. The van der Waals surface area contributed by atoms with Crippen molar-refractivity contribution in [3.63, 3.8) is 0 Å². The van der Waals surface area contributed by atoms with E-state index in [1.807, 2.05) is 28.9 Å². The smallest absolute Gasteiger partial charge is 0.212 e. The van der Waals surface area contributed by atoms with Crippen molar-refractivity contribution in [1.29, 1.82) is 0 Å². The fourth-order valence-corrected chi connectivity index (χ4v) is 6.00. The first kappa shape index (κ1) is 19.8. The first-order valence-electron chi connectivity index (χ1n) is 10.6. The average Bonchev–Trinajstić information content (AvgIpc) is 3.43. The van der Waals surface area contributed by atoms with Crippen molar-refractivity contribution in [3.8, 4) is 0 Å². The minimum absolute atomic E-state index is 0.310. The Morgan fingerprint density at radius 1 is 1.03 bits per heavy atom. The number of halogens is 1. The first-order chi connectivity index (χ1) is 15.6. The summed E-state index contributed by atoms with van der Waals surface area (Å²) < 4.78 is 1.96. The van der Waals surface area contributed by atoms with Gasteiger partial charge in [-0.3, -0.25) is 4.98 Å². The van der Waals surface area contributed by atoms with Gasteiger partial charge in [0.1, 0.15) is 12.1 Å². The monoisotopic (exact) mass is 464 g/mol. The van der Waals surface area contributed by atoms with Gasteiger partial charge in [0.15, 0.2) is 5.65 Å². The number of hydrogen-bond acceptors (Lipinski definition) is 8. The number of anilines is 2. The minimum atomic E-state index is 0.310. The lowest BCUT2D eigenvalue weighted by Crippen LogP contribution is -2.41. The fraction of sp³-hybridized carbons (Fsp3) is 0.318. The Morgan fingerprint density at radius 3 is 2.75 bits per heavy atom. The van der Waals surface area contributed by atoms with Gasteiger partial charge in [-0.05, 0) is 48.8 Å². The molecule has 0 radical (unpaired) electrons. The first-order valence-corrected chi connectivity index (χ1v) is 11.8. The predicted octanol–water partition coefficient (Wildman–Crippen LogP) is 3.69. The van der Waals surface area contributed by atoms with Gasteiger partial charge >= 0.3 is 0 Å². The van der Waals surface area contributed by atoms with E-state index in [0.29, 0.717) is 16.3 Å². The molecule has 0 atom stereocenters. The van der Waals surface area contributed by atoms with E-state index >= 15 is 0 Å². The molecule has 4 aromatic rings. The van der Waals surface area contributed by atoms with E-state index < -0.39 is 0 Å². The van der Waals surface area contributed by atoms with E-state index in [2.05, 4.69) is 31.1 Å². The van der Waals surface area contributed by atoms with E-state index in [-0.39, 0.29) is 0 Å². The molecule has 0 unspecified atom stereocenters. The summed E-state index contributed by atoms with van der Waals surface area (Å²) in [6.45, 7) is 1.90. The second-order valence-electron chi connectivity index (χ2n) is 8.51. The van der Waals surface area contributed by atoms with Crippen molar-refractivity contribution < 1.29 is 0 Å². The highest BCUT2D eigenvalue weighted by molar-refractivity contribution is 7.99. The number of nitrogens with two attached hydrogens (primary N) is 1. The van der Waals surface area contributed by atoms with E-state index in [1.54, 1.807) is 12.5 Å². The Balaban J connectivity index is 1.24. The quantitative estimate of drug-likeness (QED) is 0.490. The lowest BCUT2D eigenvalue weighted by atomic mass is 9.76. The highest BCUT2D eigenvalue weighted by Gasteiger charge is 2.41. The standard InChI is InChI=1S/C22H21ClN8S/c23-18-16(3-7-26-19(18)24)32-17-12-27-21(31-13-28-29-20(17)31)30-8-4-22(5-9-30)10-14-2-1-6-25-15(14)11-22/h1-3,6-7,12-13H,4-5,8-11H2,(H2,24,26). The molecule has 1 aliphatic heterocycles. The van der Waals surface area contributed by atoms with E-state index in [4.69, 9.17) is 22.3 Å². The van der Waals surface area contributed by atoms with Crippen LogP contribution in [-0.2, 0) is 12.8 Å². The van der Waals surface area contributed by atoms with Gasteiger partial charge in [0.2, 0.25) is 5.95 Å². The largest absolute Gasteiger partial charge is 0.382 e. The predicted molar refractivity (Wildman–Crippen MR) is 124 cm³/mol. The highest BCUT2D eigenvalue weighted by atomic mass is 35.5. The Kier molecular flexibility index (Phi) is 4.69. The second kappa shape index (κ2) is 7.60. The molecule has 162 valence electrons. The summed E-state index contributed by atoms with van der Waals surface area (Å²) in [5.74, 6) is 1.18. The maximum atomic E-state index is 6.33. The van der Waals surface area contributed by atoms with Crippen molar-refractivity contribution in [2.75, 3.05) is 23.7 Å². The van der Waals surface area contributed by atoms with Crippen LogP contribution in [0, 0.1) is 5.41 Å². The molecule has 0 bridgehead atoms. The van der Waals surface area contributed by atoms with Crippen LogP contribution in [0.3, 0.4) is 0 Å². The van der Waals surface area contributed by atoms with Crippen molar-refractivity contribution in [2.45, 2.75) is 35.5 Å². The Bertz CT molecular complexity index is 1290. The third kappa shape index (κ3) is 3.27. The number of nitrogens with zero attached hydrogens (tertiary/aromatic N) is 7. The number of pyridine rings is 2. The SMILES string of the molecule is Nc1nccc(Sc2cnc(N3CCC4(CC3)Cc3cccnc3C4)n3cnnc23)c1Cl. The molecule has 0 amide bonds. The van der Waals surface area contributed by atoms with Crippen LogP contribution in [-0.4, -0.2) is 42.6 Å². The zero-order valence-electron chi connectivity index (χ0n) is 17.3. The van der Waals surface area contributed by atoms with Crippen molar-refractivity contribution in [3.05, 3.63) is 59.4 Å². The van der Waals surface area contributed by atoms with E-state index in [9.17, 15) is 0 Å². The van der Waals surface area contributed by atoms with Crippen LogP contribution in [0.15, 0.2) is 52.9 Å². The van der Waals surface area contributed by atoms with Gasteiger partial charge in [-0.25, -0.2) is 14.4 Å². The molecule has 0 saturated carbocycles. The minimum Gasteiger partial charge on any atom is -0.382 e.